The van der Waals surface area contributed by atoms with E-state index < -0.39 is 17.7 Å². The summed E-state index contributed by atoms with van der Waals surface area (Å²) in [6, 6.07) is 3.08. The Morgan fingerprint density at radius 3 is 3.00 bits per heavy atom. The van der Waals surface area contributed by atoms with E-state index in [-0.39, 0.29) is 18.3 Å². The number of halogens is 2. The molecule has 1 amide bonds. The second-order valence-electron chi connectivity index (χ2n) is 4.14. The van der Waals surface area contributed by atoms with Crippen LogP contribution < -0.4 is 10.6 Å². The van der Waals surface area contributed by atoms with E-state index in [0.29, 0.717) is 6.07 Å². The van der Waals surface area contributed by atoms with E-state index in [1.165, 1.54) is 0 Å². The molecule has 1 aromatic carbocycles. The van der Waals surface area contributed by atoms with Gasteiger partial charge in [-0.05, 0) is 31.5 Å². The first-order chi connectivity index (χ1) is 8.65. The molecule has 18 heavy (non-hydrogen) atoms. The maximum Gasteiger partial charge on any atom is 0.411 e. The van der Waals surface area contributed by atoms with E-state index in [1.54, 1.807) is 0 Å². The third-order valence-electron chi connectivity index (χ3n) is 2.75. The predicted molar refractivity (Wildman–Crippen MR) is 62.4 cm³/mol. The lowest BCUT2D eigenvalue weighted by Crippen LogP contribution is -2.29. The van der Waals surface area contributed by atoms with Gasteiger partial charge in [0, 0.05) is 12.1 Å². The van der Waals surface area contributed by atoms with Crippen molar-refractivity contribution in [1.29, 1.82) is 0 Å². The summed E-state index contributed by atoms with van der Waals surface area (Å²) in [5.74, 6) is -1.52. The number of hydrogen-bond donors (Lipinski definition) is 2. The van der Waals surface area contributed by atoms with Crippen LogP contribution >= 0.6 is 0 Å². The van der Waals surface area contributed by atoms with E-state index >= 15 is 0 Å². The van der Waals surface area contributed by atoms with Crippen molar-refractivity contribution < 1.29 is 18.3 Å². The Morgan fingerprint density at radius 1 is 1.50 bits per heavy atom. The van der Waals surface area contributed by atoms with E-state index in [2.05, 4.69) is 10.6 Å². The lowest BCUT2D eigenvalue weighted by Gasteiger charge is -2.11. The van der Waals surface area contributed by atoms with E-state index in [9.17, 15) is 13.6 Å². The van der Waals surface area contributed by atoms with E-state index in [0.717, 1.165) is 31.5 Å². The zero-order valence-electron chi connectivity index (χ0n) is 9.71. The number of benzene rings is 1. The minimum atomic E-state index is -0.828. The van der Waals surface area contributed by atoms with Crippen LogP contribution in [0.4, 0.5) is 19.3 Å². The fraction of sp³-hybridized carbons (Fsp3) is 0.417. The van der Waals surface area contributed by atoms with Gasteiger partial charge in [0.1, 0.15) is 18.2 Å². The highest BCUT2D eigenvalue weighted by Gasteiger charge is 2.16. The highest BCUT2D eigenvalue weighted by molar-refractivity contribution is 5.84. The molecule has 1 unspecified atom stereocenters. The van der Waals surface area contributed by atoms with Gasteiger partial charge in [0.05, 0.1) is 5.69 Å². The van der Waals surface area contributed by atoms with Crippen LogP contribution in [0.3, 0.4) is 0 Å². The molecule has 1 heterocycles. The van der Waals surface area contributed by atoms with Crippen LogP contribution in [0.2, 0.25) is 0 Å². The molecule has 1 aromatic rings. The molecular weight excluding hydrogens is 242 g/mol. The number of carbonyl (C=O) groups is 1. The maximum absolute atomic E-state index is 13.2. The summed E-state index contributed by atoms with van der Waals surface area (Å²) >= 11 is 0. The summed E-state index contributed by atoms with van der Waals surface area (Å²) in [6.45, 7) is 1.16. The smallest absolute Gasteiger partial charge is 0.411 e. The largest absolute Gasteiger partial charge is 0.448 e. The van der Waals surface area contributed by atoms with Crippen molar-refractivity contribution in [3.05, 3.63) is 29.8 Å². The van der Waals surface area contributed by atoms with E-state index in [1.807, 2.05) is 0 Å². The molecule has 0 aromatic heterocycles. The number of nitrogens with one attached hydrogen (secondary N) is 2. The van der Waals surface area contributed by atoms with Crippen molar-refractivity contribution in [2.75, 3.05) is 18.5 Å². The third kappa shape index (κ3) is 3.40. The van der Waals surface area contributed by atoms with Crippen LogP contribution in [0.5, 0.6) is 0 Å². The van der Waals surface area contributed by atoms with Crippen molar-refractivity contribution in [3.8, 4) is 0 Å². The van der Waals surface area contributed by atoms with Crippen LogP contribution in [-0.4, -0.2) is 25.3 Å². The number of amides is 1. The minimum Gasteiger partial charge on any atom is -0.448 e. The molecule has 4 nitrogen and oxygen atoms in total. The van der Waals surface area contributed by atoms with Crippen LogP contribution in [0.1, 0.15) is 12.8 Å². The summed E-state index contributed by atoms with van der Waals surface area (Å²) in [5, 5.41) is 5.40. The molecule has 1 saturated heterocycles. The summed E-state index contributed by atoms with van der Waals surface area (Å²) < 4.78 is 30.8. The average molecular weight is 256 g/mol. The fourth-order valence-electron chi connectivity index (χ4n) is 1.81. The van der Waals surface area contributed by atoms with E-state index in [4.69, 9.17) is 4.74 Å². The quantitative estimate of drug-likeness (QED) is 0.872. The summed E-state index contributed by atoms with van der Waals surface area (Å²) in [4.78, 5) is 11.4. The van der Waals surface area contributed by atoms with Gasteiger partial charge in [0.15, 0.2) is 0 Å². The zero-order valence-corrected chi connectivity index (χ0v) is 9.71. The normalized spacial score (nSPS) is 18.7. The predicted octanol–water partition coefficient (Wildman–Crippen LogP) is 2.27. The van der Waals surface area contributed by atoms with Crippen molar-refractivity contribution in [3.63, 3.8) is 0 Å². The summed E-state index contributed by atoms with van der Waals surface area (Å²) in [6.07, 6.45) is 1.27. The first kappa shape index (κ1) is 12.8. The first-order valence-electron chi connectivity index (χ1n) is 5.77. The van der Waals surface area contributed by atoms with Gasteiger partial charge >= 0.3 is 6.09 Å². The minimum absolute atomic E-state index is 0.0965. The lowest BCUT2D eigenvalue weighted by molar-refractivity contribution is 0.151. The molecule has 2 rings (SSSR count). The lowest BCUT2D eigenvalue weighted by atomic mass is 10.2. The number of ether oxygens (including phenoxy) is 1. The molecule has 98 valence electrons. The summed E-state index contributed by atoms with van der Waals surface area (Å²) in [5.41, 5.74) is -0.0965. The topological polar surface area (TPSA) is 50.4 Å². The fourth-order valence-corrected chi connectivity index (χ4v) is 1.81. The van der Waals surface area contributed by atoms with Crippen LogP contribution in [0.15, 0.2) is 18.2 Å². The number of anilines is 1. The number of rotatable bonds is 3. The molecule has 1 atom stereocenters. The van der Waals surface area contributed by atoms with Gasteiger partial charge in [-0.1, -0.05) is 0 Å². The number of hydrogen-bond acceptors (Lipinski definition) is 3. The third-order valence-corrected chi connectivity index (χ3v) is 2.75. The molecular formula is C12H14F2N2O2. The first-order valence-corrected chi connectivity index (χ1v) is 5.77. The molecule has 0 radical (unpaired) electrons. The molecule has 1 fully saturated rings. The van der Waals surface area contributed by atoms with Gasteiger partial charge in [-0.25, -0.2) is 13.6 Å². The molecule has 6 heteroatoms. The molecule has 1 aliphatic heterocycles. The highest BCUT2D eigenvalue weighted by atomic mass is 19.1. The molecule has 2 N–H and O–H groups in total. The second kappa shape index (κ2) is 5.77. The number of carbonyl (C=O) groups excluding carboxylic acids is 1. The Labute approximate surface area is 103 Å². The van der Waals surface area contributed by atoms with Crippen LogP contribution in [0, 0.1) is 11.6 Å². The Bertz CT molecular complexity index is 434. The highest BCUT2D eigenvalue weighted by Crippen LogP contribution is 2.15. The van der Waals surface area contributed by atoms with Crippen LogP contribution in [0.25, 0.3) is 0 Å². The van der Waals surface area contributed by atoms with Gasteiger partial charge < -0.3 is 10.1 Å². The Morgan fingerprint density at radius 2 is 2.33 bits per heavy atom. The van der Waals surface area contributed by atoms with Crippen molar-refractivity contribution in [1.82, 2.24) is 5.32 Å². The Hall–Kier alpha value is -1.69. The van der Waals surface area contributed by atoms with Crippen molar-refractivity contribution in [2.24, 2.45) is 0 Å². The molecule has 0 bridgehead atoms. The van der Waals surface area contributed by atoms with Crippen molar-refractivity contribution in [2.45, 2.75) is 18.9 Å². The average Bonchev–Trinajstić information content (AvgIpc) is 2.83. The molecule has 0 aliphatic carbocycles. The maximum atomic E-state index is 13.2. The molecule has 1 aliphatic rings. The van der Waals surface area contributed by atoms with Crippen molar-refractivity contribution >= 4 is 11.8 Å². The van der Waals surface area contributed by atoms with Gasteiger partial charge in [-0.15, -0.1) is 0 Å². The van der Waals surface area contributed by atoms with Gasteiger partial charge in [0.25, 0.3) is 0 Å². The summed E-state index contributed by atoms with van der Waals surface area (Å²) in [7, 11) is 0. The zero-order chi connectivity index (χ0) is 13.0. The van der Waals surface area contributed by atoms with Gasteiger partial charge in [0.2, 0.25) is 0 Å². The molecule has 0 saturated carbocycles. The Kier molecular flexibility index (Phi) is 4.09. The van der Waals surface area contributed by atoms with Gasteiger partial charge in [-0.3, -0.25) is 5.32 Å². The standard InChI is InChI=1S/C12H14F2N2O2/c13-8-3-4-11(10(14)6-8)16-12(17)18-7-9-2-1-5-15-9/h3-4,6,9,15H,1-2,5,7H2,(H,16,17). The Balaban J connectivity index is 1.82. The molecule has 0 spiro atoms. The van der Waals surface area contributed by atoms with Gasteiger partial charge in [-0.2, -0.15) is 0 Å². The van der Waals surface area contributed by atoms with Crippen LogP contribution in [-0.2, 0) is 4.74 Å². The second-order valence-corrected chi connectivity index (χ2v) is 4.14. The monoisotopic (exact) mass is 256 g/mol. The SMILES string of the molecule is O=C(Nc1ccc(F)cc1F)OCC1CCCN1.